The summed E-state index contributed by atoms with van der Waals surface area (Å²) >= 11 is 0. The lowest BCUT2D eigenvalue weighted by Gasteiger charge is -2.09. The van der Waals surface area contributed by atoms with Gasteiger partial charge in [0.05, 0.1) is 0 Å². The highest BCUT2D eigenvalue weighted by molar-refractivity contribution is 4.41. The molecule has 3 heteroatoms. The Bertz CT molecular complexity index is 24.9. The maximum Gasteiger partial charge on any atom is 0.0488 e. The molecule has 0 aromatic heterocycles. The number of nitrogens with one attached hydrogen (secondary N) is 1. The molecule has 2 N–H and O–H groups in total. The summed E-state index contributed by atoms with van der Waals surface area (Å²) < 4.78 is 4.72. The van der Waals surface area contributed by atoms with Gasteiger partial charge in [0.15, 0.2) is 0 Å². The fraction of sp³-hybridized carbons (Fsp3) is 1.00. The summed E-state index contributed by atoms with van der Waals surface area (Å²) in [6.45, 7) is 2.00. The highest BCUT2D eigenvalue weighted by Gasteiger charge is 1.94. The van der Waals surface area contributed by atoms with Crippen LogP contribution in [-0.2, 0) is 4.74 Å². The number of hydrogen-bond acceptors (Lipinski definition) is 3. The zero-order chi connectivity index (χ0) is 5.54. The Kier molecular flexibility index (Phi) is 5.78. The second-order valence-electron chi connectivity index (χ2n) is 1.19. The van der Waals surface area contributed by atoms with E-state index in [1.807, 2.05) is 0 Å². The molecule has 0 aliphatic carbocycles. The monoisotopic (exact) mass is 105 g/mol. The molecule has 0 saturated carbocycles. The molecule has 1 saturated heterocycles. The molecule has 0 radical (unpaired) electrons. The van der Waals surface area contributed by atoms with Crippen LogP contribution in [0.1, 0.15) is 6.42 Å². The van der Waals surface area contributed by atoms with E-state index in [1.165, 1.54) is 13.5 Å². The van der Waals surface area contributed by atoms with Crippen molar-refractivity contribution < 1.29 is 9.94 Å². The van der Waals surface area contributed by atoms with Crippen LogP contribution in [0.4, 0.5) is 0 Å². The van der Waals surface area contributed by atoms with Gasteiger partial charge in [-0.15, -0.1) is 0 Å². The van der Waals surface area contributed by atoms with E-state index in [0.717, 1.165) is 13.2 Å². The van der Waals surface area contributed by atoms with Crippen LogP contribution in [0.5, 0.6) is 0 Å². The molecule has 0 unspecified atom stereocenters. The Hall–Kier alpha value is -0.120. The molecule has 7 heavy (non-hydrogen) atoms. The van der Waals surface area contributed by atoms with Crippen LogP contribution < -0.4 is 5.48 Å². The molecule has 0 aromatic rings. The Balaban J connectivity index is 0.000000110. The van der Waals surface area contributed by atoms with E-state index in [2.05, 4.69) is 0 Å². The van der Waals surface area contributed by atoms with E-state index in [-0.39, 0.29) is 0 Å². The lowest BCUT2D eigenvalue weighted by molar-refractivity contribution is 0.0367. The average Bonchev–Trinajstić information content (AvgIpc) is 1.27. The average molecular weight is 105 g/mol. The van der Waals surface area contributed by atoms with Crippen molar-refractivity contribution in [2.75, 3.05) is 20.3 Å². The van der Waals surface area contributed by atoms with Crippen molar-refractivity contribution in [1.82, 2.24) is 5.48 Å². The van der Waals surface area contributed by atoms with Crippen molar-refractivity contribution in [3.05, 3.63) is 0 Å². The van der Waals surface area contributed by atoms with Gasteiger partial charge >= 0.3 is 0 Å². The highest BCUT2D eigenvalue weighted by Crippen LogP contribution is 1.92. The molecule has 3 nitrogen and oxygen atoms in total. The van der Waals surface area contributed by atoms with Crippen molar-refractivity contribution in [3.63, 3.8) is 0 Å². The summed E-state index contributed by atoms with van der Waals surface area (Å²) in [7, 11) is 1.43. The Morgan fingerprint density at radius 2 is 1.71 bits per heavy atom. The number of ether oxygens (including phenoxy) is 1. The largest absolute Gasteiger partial charge is 0.381 e. The lowest BCUT2D eigenvalue weighted by atomic mass is 10.4. The third-order valence-corrected chi connectivity index (χ3v) is 0.577. The molecule has 0 aromatic carbocycles. The van der Waals surface area contributed by atoms with Crippen molar-refractivity contribution in [2.45, 2.75) is 6.42 Å². The molecule has 0 bridgehead atoms. The third kappa shape index (κ3) is 5.88. The minimum atomic E-state index is 1.00. The Morgan fingerprint density at radius 3 is 1.71 bits per heavy atom. The summed E-state index contributed by atoms with van der Waals surface area (Å²) in [5.41, 5.74) is 1.75. The summed E-state index contributed by atoms with van der Waals surface area (Å²) in [5, 5.41) is 7.32. The number of hydrogen-bond donors (Lipinski definition) is 2. The maximum atomic E-state index is 7.32. The van der Waals surface area contributed by atoms with Crippen LogP contribution in [0, 0.1) is 0 Å². The van der Waals surface area contributed by atoms with Crippen molar-refractivity contribution in [2.24, 2.45) is 0 Å². The normalized spacial score (nSPS) is 16.3. The Labute approximate surface area is 43.2 Å². The molecule has 1 heterocycles. The van der Waals surface area contributed by atoms with E-state index in [1.54, 1.807) is 5.48 Å². The van der Waals surface area contributed by atoms with E-state index < -0.39 is 0 Å². The first-order chi connectivity index (χ1) is 3.41. The van der Waals surface area contributed by atoms with Crippen LogP contribution in [-0.4, -0.2) is 25.5 Å². The molecule has 1 aliphatic rings. The zero-order valence-corrected chi connectivity index (χ0v) is 4.48. The van der Waals surface area contributed by atoms with Gasteiger partial charge in [0.25, 0.3) is 0 Å². The SMILES string of the molecule is C1COC1.CNO. The van der Waals surface area contributed by atoms with Crippen LogP contribution in [0.3, 0.4) is 0 Å². The molecule has 0 spiro atoms. The van der Waals surface area contributed by atoms with Gasteiger partial charge in [0.2, 0.25) is 0 Å². The second-order valence-corrected chi connectivity index (χ2v) is 1.19. The van der Waals surface area contributed by atoms with Gasteiger partial charge < -0.3 is 9.94 Å². The topological polar surface area (TPSA) is 41.5 Å². The maximum absolute atomic E-state index is 7.32. The molecule has 1 aliphatic heterocycles. The summed E-state index contributed by atoms with van der Waals surface area (Å²) in [5.74, 6) is 0. The first-order valence-corrected chi connectivity index (χ1v) is 2.30. The van der Waals surface area contributed by atoms with Gasteiger partial charge in [0, 0.05) is 20.3 Å². The van der Waals surface area contributed by atoms with E-state index in [9.17, 15) is 0 Å². The fourth-order valence-corrected chi connectivity index (χ4v) is 0.144. The van der Waals surface area contributed by atoms with Gasteiger partial charge in [-0.25, -0.2) is 5.48 Å². The fourth-order valence-electron chi connectivity index (χ4n) is 0.144. The minimum absolute atomic E-state index is 1.00. The predicted molar refractivity (Wildman–Crippen MR) is 26.3 cm³/mol. The predicted octanol–water partition coefficient (Wildman–Crippen LogP) is 0.00170. The summed E-state index contributed by atoms with van der Waals surface area (Å²) in [6.07, 6.45) is 1.28. The quantitative estimate of drug-likeness (QED) is 0.426. The van der Waals surface area contributed by atoms with Gasteiger partial charge in [-0.3, -0.25) is 0 Å². The lowest BCUT2D eigenvalue weighted by Crippen LogP contribution is -2.09. The second kappa shape index (κ2) is 5.88. The first-order valence-electron chi connectivity index (χ1n) is 2.30. The molecule has 44 valence electrons. The number of rotatable bonds is 0. The molecule has 1 fully saturated rings. The molecule has 0 atom stereocenters. The molecular formula is C4H11NO2. The minimum Gasteiger partial charge on any atom is -0.381 e. The van der Waals surface area contributed by atoms with Crippen molar-refractivity contribution >= 4 is 0 Å². The smallest absolute Gasteiger partial charge is 0.0488 e. The first kappa shape index (κ1) is 6.88. The van der Waals surface area contributed by atoms with Crippen LogP contribution in [0.25, 0.3) is 0 Å². The highest BCUT2D eigenvalue weighted by atomic mass is 16.5. The van der Waals surface area contributed by atoms with Crippen LogP contribution in [0.15, 0.2) is 0 Å². The van der Waals surface area contributed by atoms with Gasteiger partial charge in [-0.2, -0.15) is 0 Å². The zero-order valence-electron chi connectivity index (χ0n) is 4.48. The molecule has 1 rings (SSSR count). The van der Waals surface area contributed by atoms with Gasteiger partial charge in [-0.05, 0) is 6.42 Å². The Morgan fingerprint density at radius 1 is 1.57 bits per heavy atom. The van der Waals surface area contributed by atoms with E-state index in [4.69, 9.17) is 9.94 Å². The summed E-state index contributed by atoms with van der Waals surface area (Å²) in [6, 6.07) is 0. The number of hydroxylamine groups is 1. The van der Waals surface area contributed by atoms with Crippen molar-refractivity contribution in [1.29, 1.82) is 0 Å². The van der Waals surface area contributed by atoms with Crippen LogP contribution in [0.2, 0.25) is 0 Å². The van der Waals surface area contributed by atoms with E-state index in [0.29, 0.717) is 0 Å². The third-order valence-electron chi connectivity index (χ3n) is 0.577. The van der Waals surface area contributed by atoms with E-state index >= 15 is 0 Å². The van der Waals surface area contributed by atoms with Gasteiger partial charge in [-0.1, -0.05) is 0 Å². The molecule has 0 amide bonds. The van der Waals surface area contributed by atoms with Crippen molar-refractivity contribution in [3.8, 4) is 0 Å². The van der Waals surface area contributed by atoms with Gasteiger partial charge in [0.1, 0.15) is 0 Å². The molecular weight excluding hydrogens is 94.0 g/mol. The van der Waals surface area contributed by atoms with Crippen LogP contribution >= 0.6 is 0 Å². The summed E-state index contributed by atoms with van der Waals surface area (Å²) in [4.78, 5) is 0. The standard InChI is InChI=1S/C3H6O.CH5NO/c1-2-4-3-1;1-2-3/h1-3H2;2-3H,1H3.